The molecular formula is C16H20ClN3O2S. The molecule has 23 heavy (non-hydrogen) atoms. The number of hydrogen-bond donors (Lipinski definition) is 1. The predicted octanol–water partition coefficient (Wildman–Crippen LogP) is 3.56. The topological polar surface area (TPSA) is 72.0 Å². The first kappa shape index (κ1) is 17.7. The van der Waals surface area contributed by atoms with Crippen LogP contribution in [0.25, 0.3) is 0 Å². The van der Waals surface area contributed by atoms with Crippen LogP contribution in [-0.2, 0) is 15.6 Å². The summed E-state index contributed by atoms with van der Waals surface area (Å²) in [6.45, 7) is 5.06. The Morgan fingerprint density at radius 3 is 2.35 bits per heavy atom. The van der Waals surface area contributed by atoms with Crippen molar-refractivity contribution in [3.8, 4) is 0 Å². The van der Waals surface area contributed by atoms with Crippen LogP contribution >= 0.6 is 11.6 Å². The molecule has 0 saturated carbocycles. The van der Waals surface area contributed by atoms with Crippen molar-refractivity contribution in [3.63, 3.8) is 0 Å². The summed E-state index contributed by atoms with van der Waals surface area (Å²) in [5.74, 6) is 1.05. The van der Waals surface area contributed by atoms with Gasteiger partial charge in [0.05, 0.1) is 5.75 Å². The van der Waals surface area contributed by atoms with Crippen LogP contribution in [0.4, 0.5) is 5.82 Å². The molecule has 0 atom stereocenters. The first-order chi connectivity index (χ1) is 10.9. The van der Waals surface area contributed by atoms with E-state index in [9.17, 15) is 8.42 Å². The third kappa shape index (κ3) is 5.48. The van der Waals surface area contributed by atoms with E-state index in [0.29, 0.717) is 22.3 Å². The second-order valence-electron chi connectivity index (χ2n) is 5.75. The third-order valence-electron chi connectivity index (χ3n) is 3.26. The molecule has 0 radical (unpaired) electrons. The molecule has 0 aliphatic rings. The summed E-state index contributed by atoms with van der Waals surface area (Å²) in [5.41, 5.74) is 0.662. The van der Waals surface area contributed by atoms with Crippen molar-refractivity contribution < 1.29 is 8.42 Å². The van der Waals surface area contributed by atoms with Crippen molar-refractivity contribution in [3.05, 3.63) is 47.0 Å². The van der Waals surface area contributed by atoms with E-state index in [0.717, 1.165) is 13.0 Å². The largest absolute Gasteiger partial charge is 0.369 e. The molecule has 0 aliphatic carbocycles. The van der Waals surface area contributed by atoms with Crippen LogP contribution < -0.4 is 5.32 Å². The highest BCUT2D eigenvalue weighted by Gasteiger charge is 2.17. The molecule has 0 unspecified atom stereocenters. The van der Waals surface area contributed by atoms with Crippen LogP contribution in [0.5, 0.6) is 0 Å². The van der Waals surface area contributed by atoms with E-state index in [1.807, 2.05) is 0 Å². The fourth-order valence-electron chi connectivity index (χ4n) is 1.94. The summed E-state index contributed by atoms with van der Waals surface area (Å²) in [7, 11) is -3.52. The van der Waals surface area contributed by atoms with Crippen LogP contribution in [0.3, 0.4) is 0 Å². The summed E-state index contributed by atoms with van der Waals surface area (Å²) in [4.78, 5) is 0. The number of benzene rings is 1. The van der Waals surface area contributed by atoms with Gasteiger partial charge >= 0.3 is 0 Å². The highest BCUT2D eigenvalue weighted by Crippen LogP contribution is 2.17. The Balaban J connectivity index is 2.03. The van der Waals surface area contributed by atoms with Gasteiger partial charge in [0.15, 0.2) is 5.03 Å². The van der Waals surface area contributed by atoms with Crippen molar-refractivity contribution >= 4 is 27.3 Å². The van der Waals surface area contributed by atoms with Crippen molar-refractivity contribution in [2.45, 2.75) is 31.0 Å². The Bertz CT molecular complexity index is 729. The molecule has 124 valence electrons. The van der Waals surface area contributed by atoms with Gasteiger partial charge in [0.2, 0.25) is 9.84 Å². The minimum absolute atomic E-state index is 0.0261. The van der Waals surface area contributed by atoms with Crippen LogP contribution in [-0.4, -0.2) is 25.2 Å². The highest BCUT2D eigenvalue weighted by molar-refractivity contribution is 7.90. The standard InChI is InChI=1S/C16H20ClN3O2S/c1-12(2)9-10-18-15-7-8-16(20-19-15)23(21,22)11-13-3-5-14(17)6-4-13/h3-8,12H,9-11H2,1-2H3,(H,18,19). The SMILES string of the molecule is CC(C)CCNc1ccc(S(=O)(=O)Cc2ccc(Cl)cc2)nn1. The van der Waals surface area contributed by atoms with E-state index in [2.05, 4.69) is 29.4 Å². The number of anilines is 1. The molecule has 0 aliphatic heterocycles. The molecule has 7 heteroatoms. The van der Waals surface area contributed by atoms with Crippen molar-refractivity contribution in [1.29, 1.82) is 0 Å². The maximum absolute atomic E-state index is 12.3. The molecule has 0 fully saturated rings. The molecule has 5 nitrogen and oxygen atoms in total. The van der Waals surface area contributed by atoms with Gasteiger partial charge < -0.3 is 5.32 Å². The van der Waals surface area contributed by atoms with Crippen LogP contribution in [0.2, 0.25) is 5.02 Å². The van der Waals surface area contributed by atoms with Gasteiger partial charge in [0.25, 0.3) is 0 Å². The van der Waals surface area contributed by atoms with Crippen molar-refractivity contribution in [1.82, 2.24) is 10.2 Å². The second-order valence-corrected chi connectivity index (χ2v) is 8.12. The molecule has 0 spiro atoms. The van der Waals surface area contributed by atoms with Crippen LogP contribution in [0.1, 0.15) is 25.8 Å². The van der Waals surface area contributed by atoms with Crippen molar-refractivity contribution in [2.24, 2.45) is 5.92 Å². The first-order valence-electron chi connectivity index (χ1n) is 7.41. The summed E-state index contributed by atoms with van der Waals surface area (Å²) in [5, 5.41) is 11.4. The first-order valence-corrected chi connectivity index (χ1v) is 9.44. The molecule has 2 aromatic rings. The smallest absolute Gasteiger partial charge is 0.201 e. The van der Waals surface area contributed by atoms with E-state index in [1.165, 1.54) is 6.07 Å². The summed E-state index contributed by atoms with van der Waals surface area (Å²) in [6.07, 6.45) is 1.01. The highest BCUT2D eigenvalue weighted by atomic mass is 35.5. The fraction of sp³-hybridized carbons (Fsp3) is 0.375. The van der Waals surface area contributed by atoms with Gasteiger partial charge in [0, 0.05) is 11.6 Å². The Morgan fingerprint density at radius 1 is 1.09 bits per heavy atom. The van der Waals surface area contributed by atoms with Crippen LogP contribution in [0.15, 0.2) is 41.4 Å². The lowest BCUT2D eigenvalue weighted by atomic mass is 10.1. The fourth-order valence-corrected chi connectivity index (χ4v) is 3.29. The predicted molar refractivity (Wildman–Crippen MR) is 92.3 cm³/mol. The number of sulfone groups is 1. The normalized spacial score (nSPS) is 11.7. The quantitative estimate of drug-likeness (QED) is 0.823. The molecule has 1 N–H and O–H groups in total. The molecule has 1 aromatic heterocycles. The van der Waals surface area contributed by atoms with E-state index in [-0.39, 0.29) is 10.8 Å². The molecule has 0 bridgehead atoms. The second kappa shape index (κ2) is 7.75. The number of nitrogens with zero attached hydrogens (tertiary/aromatic N) is 2. The van der Waals surface area contributed by atoms with Gasteiger partial charge in [-0.1, -0.05) is 37.6 Å². The molecule has 1 heterocycles. The molecular weight excluding hydrogens is 334 g/mol. The summed E-state index contributed by atoms with van der Waals surface area (Å²) < 4.78 is 24.7. The van der Waals surface area contributed by atoms with Gasteiger partial charge in [-0.15, -0.1) is 10.2 Å². The van der Waals surface area contributed by atoms with Crippen molar-refractivity contribution in [2.75, 3.05) is 11.9 Å². The molecule has 0 amide bonds. The number of hydrogen-bond acceptors (Lipinski definition) is 5. The van der Waals surface area contributed by atoms with E-state index in [4.69, 9.17) is 11.6 Å². The lowest BCUT2D eigenvalue weighted by Gasteiger charge is -2.08. The zero-order valence-corrected chi connectivity index (χ0v) is 14.7. The molecule has 2 rings (SSSR count). The molecule has 1 aromatic carbocycles. The van der Waals surface area contributed by atoms with Gasteiger partial charge in [-0.3, -0.25) is 0 Å². The van der Waals surface area contributed by atoms with Gasteiger partial charge in [0.1, 0.15) is 5.82 Å². The third-order valence-corrected chi connectivity index (χ3v) is 5.08. The Kier molecular flexibility index (Phi) is 5.96. The monoisotopic (exact) mass is 353 g/mol. The minimum atomic E-state index is -3.52. The van der Waals surface area contributed by atoms with E-state index < -0.39 is 9.84 Å². The minimum Gasteiger partial charge on any atom is -0.369 e. The van der Waals surface area contributed by atoms with Gasteiger partial charge in [-0.2, -0.15) is 0 Å². The van der Waals surface area contributed by atoms with Gasteiger partial charge in [-0.05, 0) is 42.2 Å². The van der Waals surface area contributed by atoms with E-state index >= 15 is 0 Å². The lowest BCUT2D eigenvalue weighted by molar-refractivity contribution is 0.589. The summed E-state index contributed by atoms with van der Waals surface area (Å²) >= 11 is 5.80. The molecule has 0 saturated heterocycles. The maximum atomic E-state index is 12.3. The van der Waals surface area contributed by atoms with E-state index in [1.54, 1.807) is 30.3 Å². The average Bonchev–Trinajstić information content (AvgIpc) is 2.50. The van der Waals surface area contributed by atoms with Gasteiger partial charge in [-0.25, -0.2) is 8.42 Å². The Labute approximate surface area is 142 Å². The maximum Gasteiger partial charge on any atom is 0.201 e. The number of halogens is 1. The zero-order valence-electron chi connectivity index (χ0n) is 13.2. The Morgan fingerprint density at radius 2 is 1.78 bits per heavy atom. The van der Waals surface area contributed by atoms with Crippen LogP contribution in [0, 0.1) is 5.92 Å². The lowest BCUT2D eigenvalue weighted by Crippen LogP contribution is -2.10. The zero-order chi connectivity index (χ0) is 16.9. The Hall–Kier alpha value is -1.66. The average molecular weight is 354 g/mol. The number of rotatable bonds is 7. The summed E-state index contributed by atoms with van der Waals surface area (Å²) in [6, 6.07) is 9.84. The number of nitrogens with one attached hydrogen (secondary N) is 1. The number of aromatic nitrogens is 2.